The molecule has 0 aliphatic heterocycles. The van der Waals surface area contributed by atoms with Gasteiger partial charge in [-0.2, -0.15) is 0 Å². The fourth-order valence-electron chi connectivity index (χ4n) is 1.49. The van der Waals surface area contributed by atoms with Crippen LogP contribution in [0.25, 0.3) is 5.57 Å². The van der Waals surface area contributed by atoms with Gasteiger partial charge in [0.15, 0.2) is 0 Å². The lowest BCUT2D eigenvalue weighted by molar-refractivity contribution is 0.350. The largest absolute Gasteiger partial charge is 0.331 e. The predicted octanol–water partition coefficient (Wildman–Crippen LogP) is 4.07. The maximum Gasteiger partial charge on any atom is 0.0950 e. The molecule has 0 N–H and O–H groups in total. The van der Waals surface area contributed by atoms with Crippen molar-refractivity contribution < 1.29 is 0 Å². The Kier molecular flexibility index (Phi) is 4.50. The van der Waals surface area contributed by atoms with Crippen molar-refractivity contribution in [2.45, 2.75) is 33.7 Å². The van der Waals surface area contributed by atoms with Crippen LogP contribution >= 0.6 is 0 Å². The average Bonchev–Trinajstić information content (AvgIpc) is 2.70. The van der Waals surface area contributed by atoms with E-state index in [0.717, 1.165) is 24.2 Å². The number of rotatable bonds is 5. The van der Waals surface area contributed by atoms with Gasteiger partial charge in [0.05, 0.1) is 18.2 Å². The molecule has 1 aromatic heterocycles. The van der Waals surface area contributed by atoms with Crippen molar-refractivity contribution in [3.8, 4) is 0 Å². The molecule has 2 nitrogen and oxygen atoms in total. The van der Waals surface area contributed by atoms with Crippen LogP contribution in [0.15, 0.2) is 43.9 Å². The molecule has 2 heteroatoms. The summed E-state index contributed by atoms with van der Waals surface area (Å²) in [5, 5.41) is 0. The van der Waals surface area contributed by atoms with Gasteiger partial charge in [-0.05, 0) is 17.4 Å². The average molecular weight is 230 g/mol. The molecule has 0 atom stereocenters. The molecule has 0 amide bonds. The first-order valence-corrected chi connectivity index (χ1v) is 5.92. The maximum atomic E-state index is 4.19. The molecule has 1 heterocycles. The summed E-state index contributed by atoms with van der Waals surface area (Å²) in [5.41, 5.74) is 2.38. The number of imidazole rings is 1. The summed E-state index contributed by atoms with van der Waals surface area (Å²) in [6.45, 7) is 15.4. The van der Waals surface area contributed by atoms with E-state index < -0.39 is 0 Å². The third-order valence-electron chi connectivity index (χ3n) is 2.58. The van der Waals surface area contributed by atoms with Gasteiger partial charge in [-0.15, -0.1) is 0 Å². The van der Waals surface area contributed by atoms with Crippen molar-refractivity contribution in [1.82, 2.24) is 9.55 Å². The molecule has 1 rings (SSSR count). The van der Waals surface area contributed by atoms with E-state index in [1.165, 1.54) is 0 Å². The van der Waals surface area contributed by atoms with Gasteiger partial charge in [-0.3, -0.25) is 0 Å². The van der Waals surface area contributed by atoms with Crippen LogP contribution in [-0.4, -0.2) is 9.55 Å². The van der Waals surface area contributed by atoms with Crippen LogP contribution in [0.1, 0.15) is 32.9 Å². The van der Waals surface area contributed by atoms with Crippen LogP contribution in [0, 0.1) is 5.41 Å². The monoisotopic (exact) mass is 230 g/mol. The van der Waals surface area contributed by atoms with Crippen molar-refractivity contribution in [3.63, 3.8) is 0 Å². The Bertz CT molecular complexity index is 416. The van der Waals surface area contributed by atoms with E-state index in [-0.39, 0.29) is 0 Å². The second-order valence-corrected chi connectivity index (χ2v) is 5.40. The smallest absolute Gasteiger partial charge is 0.0950 e. The molecule has 0 saturated carbocycles. The van der Waals surface area contributed by atoms with Gasteiger partial charge < -0.3 is 4.57 Å². The van der Waals surface area contributed by atoms with Gasteiger partial charge in [0.2, 0.25) is 0 Å². The van der Waals surface area contributed by atoms with Gasteiger partial charge >= 0.3 is 0 Å². The summed E-state index contributed by atoms with van der Waals surface area (Å²) in [7, 11) is 0. The summed E-state index contributed by atoms with van der Waals surface area (Å²) in [5.74, 6) is 0. The van der Waals surface area contributed by atoms with E-state index in [2.05, 4.69) is 43.5 Å². The van der Waals surface area contributed by atoms with E-state index in [1.807, 2.05) is 24.7 Å². The van der Waals surface area contributed by atoms with E-state index >= 15 is 0 Å². The SMILES string of the molecule is C=C/C=C\C(=C)c1cncn1CCC(C)(C)C. The minimum atomic E-state index is 0.333. The highest BCUT2D eigenvalue weighted by atomic mass is 15.0. The van der Waals surface area contributed by atoms with Crippen molar-refractivity contribution in [3.05, 3.63) is 49.6 Å². The molecule has 0 aromatic carbocycles. The molecule has 0 fully saturated rings. The quantitative estimate of drug-likeness (QED) is 0.697. The van der Waals surface area contributed by atoms with Crippen LogP contribution < -0.4 is 0 Å². The van der Waals surface area contributed by atoms with Gasteiger partial charge in [0.1, 0.15) is 0 Å². The van der Waals surface area contributed by atoms with E-state index in [4.69, 9.17) is 0 Å². The summed E-state index contributed by atoms with van der Waals surface area (Å²) in [6.07, 6.45) is 10.4. The highest BCUT2D eigenvalue weighted by molar-refractivity contribution is 5.69. The summed E-state index contributed by atoms with van der Waals surface area (Å²) >= 11 is 0. The number of aryl methyl sites for hydroxylation is 1. The third-order valence-corrected chi connectivity index (χ3v) is 2.58. The number of hydrogen-bond acceptors (Lipinski definition) is 1. The molecule has 92 valence electrons. The van der Waals surface area contributed by atoms with E-state index in [0.29, 0.717) is 5.41 Å². The molecule has 0 saturated heterocycles. The zero-order valence-corrected chi connectivity index (χ0v) is 11.1. The number of aromatic nitrogens is 2. The van der Waals surface area contributed by atoms with Crippen molar-refractivity contribution in [1.29, 1.82) is 0 Å². The van der Waals surface area contributed by atoms with Gasteiger partial charge in [-0.1, -0.05) is 52.2 Å². The Morgan fingerprint density at radius 1 is 1.47 bits per heavy atom. The molecule has 0 unspecified atom stereocenters. The molecule has 0 spiro atoms. The fraction of sp³-hybridized carbons (Fsp3) is 0.400. The lowest BCUT2D eigenvalue weighted by Crippen LogP contribution is -2.11. The van der Waals surface area contributed by atoms with Crippen LogP contribution in [0.5, 0.6) is 0 Å². The normalized spacial score (nSPS) is 11.9. The first-order valence-electron chi connectivity index (χ1n) is 5.92. The third kappa shape index (κ3) is 4.43. The Morgan fingerprint density at radius 3 is 2.76 bits per heavy atom. The Hall–Kier alpha value is -1.57. The molecule has 17 heavy (non-hydrogen) atoms. The molecule has 1 aromatic rings. The standard InChI is InChI=1S/C15H22N2/c1-6-7-8-13(2)14-11-16-12-17(14)10-9-15(3,4)5/h6-8,11-12H,1-2,9-10H2,3-5H3/b8-7-. The van der Waals surface area contributed by atoms with Crippen LogP contribution in [0.4, 0.5) is 0 Å². The fourth-order valence-corrected chi connectivity index (χ4v) is 1.49. The number of hydrogen-bond donors (Lipinski definition) is 0. The second kappa shape index (κ2) is 5.67. The van der Waals surface area contributed by atoms with Gasteiger partial charge in [0.25, 0.3) is 0 Å². The van der Waals surface area contributed by atoms with Crippen LogP contribution in [0.3, 0.4) is 0 Å². The molecule has 0 radical (unpaired) electrons. The van der Waals surface area contributed by atoms with Crippen LogP contribution in [0.2, 0.25) is 0 Å². The van der Waals surface area contributed by atoms with E-state index in [9.17, 15) is 0 Å². The van der Waals surface area contributed by atoms with Gasteiger partial charge in [0, 0.05) is 6.54 Å². The highest BCUT2D eigenvalue weighted by Crippen LogP contribution is 2.21. The molecule has 0 aliphatic carbocycles. The Labute approximate surface area is 104 Å². The zero-order chi connectivity index (χ0) is 12.9. The molecular weight excluding hydrogens is 208 g/mol. The summed E-state index contributed by atoms with van der Waals surface area (Å²) < 4.78 is 2.15. The highest BCUT2D eigenvalue weighted by Gasteiger charge is 2.11. The van der Waals surface area contributed by atoms with Gasteiger partial charge in [-0.25, -0.2) is 4.98 Å². The minimum Gasteiger partial charge on any atom is -0.331 e. The minimum absolute atomic E-state index is 0.333. The van der Waals surface area contributed by atoms with Crippen molar-refractivity contribution in [2.24, 2.45) is 5.41 Å². The second-order valence-electron chi connectivity index (χ2n) is 5.40. The molecule has 0 aliphatic rings. The molecular formula is C15H22N2. The molecule has 0 bridgehead atoms. The number of allylic oxidation sites excluding steroid dienone is 4. The Balaban J connectivity index is 2.75. The van der Waals surface area contributed by atoms with Crippen molar-refractivity contribution >= 4 is 5.57 Å². The lowest BCUT2D eigenvalue weighted by atomic mass is 9.92. The topological polar surface area (TPSA) is 17.8 Å². The zero-order valence-electron chi connectivity index (χ0n) is 11.1. The van der Waals surface area contributed by atoms with Crippen LogP contribution in [-0.2, 0) is 6.54 Å². The predicted molar refractivity (Wildman–Crippen MR) is 74.7 cm³/mol. The first-order chi connectivity index (χ1) is 7.94. The summed E-state index contributed by atoms with van der Waals surface area (Å²) in [4.78, 5) is 4.19. The lowest BCUT2D eigenvalue weighted by Gasteiger charge is -2.19. The van der Waals surface area contributed by atoms with E-state index in [1.54, 1.807) is 6.08 Å². The first kappa shape index (κ1) is 13.5. The van der Waals surface area contributed by atoms with Crippen molar-refractivity contribution in [2.75, 3.05) is 0 Å². The summed E-state index contributed by atoms with van der Waals surface area (Å²) in [6, 6.07) is 0. The Morgan fingerprint density at radius 2 is 2.18 bits per heavy atom. The maximum absolute atomic E-state index is 4.19. The number of nitrogens with zero attached hydrogens (tertiary/aromatic N) is 2.